The minimum absolute atomic E-state index is 0.181. The molecule has 0 radical (unpaired) electrons. The average molecular weight is 221 g/mol. The predicted molar refractivity (Wildman–Crippen MR) is 56.5 cm³/mol. The van der Waals surface area contributed by atoms with Crippen molar-refractivity contribution in [2.45, 2.75) is 12.8 Å². The summed E-state index contributed by atoms with van der Waals surface area (Å²) in [5, 5.41) is 16.2. The second kappa shape index (κ2) is 8.19. The normalized spacial score (nSPS) is 10.1. The Balaban J connectivity index is 0. The fourth-order valence-electron chi connectivity index (χ4n) is 0.659. The molecule has 15 heavy (non-hydrogen) atoms. The molecule has 0 aromatic carbocycles. The van der Waals surface area contributed by atoms with Gasteiger partial charge in [0.1, 0.15) is 0 Å². The third kappa shape index (κ3) is 24.6. The molecule has 0 aromatic heterocycles. The Bertz CT molecular complexity index is 199. The Morgan fingerprint density at radius 3 is 1.67 bits per heavy atom. The standard InChI is InChI=1S/C5H11NO2.C4H9NO2/c1-6(2,3)4-5(7)8;5-3-1-2-4(6)7/h4H2,1-3H3;1-3,5H2,(H,6,7)/p+1. The number of nitrogens with two attached hydrogens (primary N) is 1. The quantitative estimate of drug-likeness (QED) is 0.548. The molecule has 0 fully saturated rings. The van der Waals surface area contributed by atoms with Crippen molar-refractivity contribution in [3.05, 3.63) is 0 Å². The van der Waals surface area contributed by atoms with Gasteiger partial charge in [-0.3, -0.25) is 4.79 Å². The SMILES string of the molecule is C[N+](C)(C)CC(=O)O.NCCCC(=O)O. The Labute approximate surface area is 89.9 Å². The number of nitrogens with zero attached hydrogens (tertiary/aromatic N) is 1. The van der Waals surface area contributed by atoms with Crippen LogP contribution in [0, 0.1) is 0 Å². The maximum Gasteiger partial charge on any atom is 0.359 e. The minimum atomic E-state index is -0.773. The number of hydrogen-bond donors (Lipinski definition) is 3. The van der Waals surface area contributed by atoms with E-state index >= 15 is 0 Å². The van der Waals surface area contributed by atoms with Gasteiger partial charge in [-0.15, -0.1) is 0 Å². The van der Waals surface area contributed by atoms with Gasteiger partial charge in [-0.05, 0) is 13.0 Å². The van der Waals surface area contributed by atoms with Gasteiger partial charge >= 0.3 is 11.9 Å². The zero-order valence-electron chi connectivity index (χ0n) is 9.56. The maximum absolute atomic E-state index is 10.00. The van der Waals surface area contributed by atoms with E-state index in [4.69, 9.17) is 15.9 Å². The highest BCUT2D eigenvalue weighted by Gasteiger charge is 2.11. The van der Waals surface area contributed by atoms with Crippen LogP contribution in [-0.4, -0.2) is 60.9 Å². The number of rotatable bonds is 5. The van der Waals surface area contributed by atoms with E-state index in [9.17, 15) is 9.59 Å². The van der Waals surface area contributed by atoms with E-state index in [0.29, 0.717) is 17.4 Å². The van der Waals surface area contributed by atoms with E-state index in [1.54, 1.807) is 0 Å². The van der Waals surface area contributed by atoms with Crippen molar-refractivity contribution in [2.75, 3.05) is 34.2 Å². The van der Waals surface area contributed by atoms with Gasteiger partial charge in [0.15, 0.2) is 6.54 Å². The van der Waals surface area contributed by atoms with E-state index in [0.717, 1.165) is 0 Å². The number of carbonyl (C=O) groups is 2. The summed E-state index contributed by atoms with van der Waals surface area (Å²) in [6, 6.07) is 0. The summed E-state index contributed by atoms with van der Waals surface area (Å²) in [6.07, 6.45) is 0.770. The van der Waals surface area contributed by atoms with Gasteiger partial charge in [-0.25, -0.2) is 4.79 Å². The van der Waals surface area contributed by atoms with E-state index in [2.05, 4.69) is 0 Å². The number of carboxylic acids is 2. The first-order valence-corrected chi connectivity index (χ1v) is 4.63. The fourth-order valence-corrected chi connectivity index (χ4v) is 0.659. The number of carboxylic acid groups (broad SMARTS) is 2. The summed E-state index contributed by atoms with van der Waals surface area (Å²) < 4.78 is 0.481. The zero-order valence-corrected chi connectivity index (χ0v) is 9.56. The molecule has 0 aliphatic heterocycles. The molecule has 0 rings (SSSR count). The lowest BCUT2D eigenvalue weighted by atomic mass is 10.3. The summed E-state index contributed by atoms with van der Waals surface area (Å²) in [5.74, 6) is -1.53. The van der Waals surface area contributed by atoms with Crippen molar-refractivity contribution in [2.24, 2.45) is 5.73 Å². The molecule has 0 atom stereocenters. The summed E-state index contributed by atoms with van der Waals surface area (Å²) in [6.45, 7) is 0.645. The van der Waals surface area contributed by atoms with Crippen LogP contribution in [0.25, 0.3) is 0 Å². The monoisotopic (exact) mass is 221 g/mol. The topological polar surface area (TPSA) is 101 Å². The van der Waals surface area contributed by atoms with Crippen LogP contribution >= 0.6 is 0 Å². The summed E-state index contributed by atoms with van der Waals surface area (Å²) in [7, 11) is 5.52. The largest absolute Gasteiger partial charge is 0.481 e. The molecular formula is C9H21N2O4+. The van der Waals surface area contributed by atoms with Crippen molar-refractivity contribution in [1.82, 2.24) is 0 Å². The van der Waals surface area contributed by atoms with Crippen LogP contribution in [0.5, 0.6) is 0 Å². The lowest BCUT2D eigenvalue weighted by Gasteiger charge is -2.20. The van der Waals surface area contributed by atoms with Gasteiger partial charge in [0, 0.05) is 6.42 Å². The number of quaternary nitrogens is 1. The first-order valence-electron chi connectivity index (χ1n) is 4.63. The third-order valence-electron chi connectivity index (χ3n) is 1.20. The van der Waals surface area contributed by atoms with Crippen LogP contribution in [0.1, 0.15) is 12.8 Å². The van der Waals surface area contributed by atoms with Crippen LogP contribution < -0.4 is 5.73 Å². The summed E-state index contributed by atoms with van der Waals surface area (Å²) in [5.41, 5.74) is 5.01. The first-order chi connectivity index (χ1) is 6.69. The van der Waals surface area contributed by atoms with Crippen LogP contribution in [0.15, 0.2) is 0 Å². The lowest BCUT2D eigenvalue weighted by Crippen LogP contribution is -2.39. The maximum atomic E-state index is 10.00. The second-order valence-electron chi connectivity index (χ2n) is 4.13. The molecule has 0 saturated heterocycles. The smallest absolute Gasteiger partial charge is 0.359 e. The Morgan fingerprint density at radius 1 is 1.13 bits per heavy atom. The van der Waals surface area contributed by atoms with E-state index in [-0.39, 0.29) is 13.0 Å². The van der Waals surface area contributed by atoms with Crippen molar-refractivity contribution >= 4 is 11.9 Å². The number of likely N-dealkylation sites (N-methyl/N-ethyl adjacent to an activating group) is 1. The van der Waals surface area contributed by atoms with Gasteiger partial charge in [-0.2, -0.15) is 0 Å². The molecule has 0 heterocycles. The van der Waals surface area contributed by atoms with Crippen LogP contribution in [-0.2, 0) is 9.59 Å². The molecular weight excluding hydrogens is 200 g/mol. The van der Waals surface area contributed by atoms with Crippen molar-refractivity contribution in [3.63, 3.8) is 0 Å². The Kier molecular flexibility index (Phi) is 8.90. The summed E-state index contributed by atoms with van der Waals surface area (Å²) >= 11 is 0. The second-order valence-corrected chi connectivity index (χ2v) is 4.13. The molecule has 0 aliphatic rings. The van der Waals surface area contributed by atoms with Crippen molar-refractivity contribution < 1.29 is 24.3 Å². The predicted octanol–water partition coefficient (Wildman–Crippen LogP) is -0.413. The lowest BCUT2D eigenvalue weighted by molar-refractivity contribution is -0.862. The highest BCUT2D eigenvalue weighted by molar-refractivity contribution is 5.67. The molecule has 6 heteroatoms. The molecule has 0 aromatic rings. The van der Waals surface area contributed by atoms with Gasteiger partial charge in [0.05, 0.1) is 21.1 Å². The van der Waals surface area contributed by atoms with Gasteiger partial charge < -0.3 is 20.4 Å². The van der Waals surface area contributed by atoms with E-state index < -0.39 is 11.9 Å². The minimum Gasteiger partial charge on any atom is -0.481 e. The number of aliphatic carboxylic acids is 2. The van der Waals surface area contributed by atoms with Gasteiger partial charge in [0.25, 0.3) is 0 Å². The third-order valence-corrected chi connectivity index (χ3v) is 1.20. The van der Waals surface area contributed by atoms with E-state index in [1.807, 2.05) is 21.1 Å². The van der Waals surface area contributed by atoms with Gasteiger partial charge in [0.2, 0.25) is 0 Å². The first kappa shape index (κ1) is 16.3. The molecule has 0 amide bonds. The molecule has 0 saturated carbocycles. The Morgan fingerprint density at radius 2 is 1.60 bits per heavy atom. The molecule has 4 N–H and O–H groups in total. The van der Waals surface area contributed by atoms with Crippen molar-refractivity contribution in [3.8, 4) is 0 Å². The van der Waals surface area contributed by atoms with E-state index in [1.165, 1.54) is 0 Å². The molecule has 90 valence electrons. The highest BCUT2D eigenvalue weighted by atomic mass is 16.4. The highest BCUT2D eigenvalue weighted by Crippen LogP contribution is 1.86. The van der Waals surface area contributed by atoms with Crippen LogP contribution in [0.2, 0.25) is 0 Å². The van der Waals surface area contributed by atoms with Crippen LogP contribution in [0.4, 0.5) is 0 Å². The zero-order chi connectivity index (χ0) is 12.5. The fraction of sp³-hybridized carbons (Fsp3) is 0.778. The van der Waals surface area contributed by atoms with Gasteiger partial charge in [-0.1, -0.05) is 0 Å². The summed E-state index contributed by atoms with van der Waals surface area (Å²) in [4.78, 5) is 19.7. The Hall–Kier alpha value is -1.14. The molecule has 0 aliphatic carbocycles. The molecule has 0 spiro atoms. The molecule has 0 bridgehead atoms. The number of hydrogen-bond acceptors (Lipinski definition) is 3. The molecule has 0 unspecified atom stereocenters. The average Bonchev–Trinajstić information content (AvgIpc) is 1.96. The van der Waals surface area contributed by atoms with Crippen molar-refractivity contribution in [1.29, 1.82) is 0 Å². The molecule has 6 nitrogen and oxygen atoms in total. The van der Waals surface area contributed by atoms with Crippen LogP contribution in [0.3, 0.4) is 0 Å².